The van der Waals surface area contributed by atoms with Crippen molar-refractivity contribution in [3.05, 3.63) is 40.8 Å². The first-order chi connectivity index (χ1) is 12.9. The molecule has 0 unspecified atom stereocenters. The third-order valence-electron chi connectivity index (χ3n) is 5.14. The lowest BCUT2D eigenvalue weighted by atomic mass is 9.95. The van der Waals surface area contributed by atoms with Crippen LogP contribution in [0.4, 0.5) is 5.82 Å². The molecular weight excluding hydrogens is 332 g/mol. The van der Waals surface area contributed by atoms with Gasteiger partial charge in [0.1, 0.15) is 16.9 Å². The minimum absolute atomic E-state index is 0.838. The Hall–Kier alpha value is -2.36. The predicted octanol–water partition coefficient (Wildman–Crippen LogP) is 5.50. The number of benzene rings is 1. The van der Waals surface area contributed by atoms with E-state index in [4.69, 9.17) is 9.97 Å². The fourth-order valence-electron chi connectivity index (χ4n) is 4.26. The van der Waals surface area contributed by atoms with E-state index < -0.39 is 0 Å². The molecule has 4 nitrogen and oxygen atoms in total. The molecule has 0 aliphatic heterocycles. The average molecular weight is 365 g/mol. The van der Waals surface area contributed by atoms with Crippen LogP contribution in [-0.2, 0) is 7.05 Å². The van der Waals surface area contributed by atoms with Gasteiger partial charge >= 0.3 is 0 Å². The van der Waals surface area contributed by atoms with E-state index in [1.165, 1.54) is 27.8 Å². The van der Waals surface area contributed by atoms with Crippen LogP contribution in [0.5, 0.6) is 0 Å². The summed E-state index contributed by atoms with van der Waals surface area (Å²) in [7, 11) is 2.11. The standard InChI is InChI=1S/C23H32N4/c1-8-10-27(11-9-2)23-22-21(24-18(6)25-23)19(14-26(22)7)20-16(4)12-15(3)13-17(20)5/h12-14H,8-11H2,1-7H3. The van der Waals surface area contributed by atoms with E-state index in [9.17, 15) is 0 Å². The quantitative estimate of drug-likeness (QED) is 0.579. The molecule has 144 valence electrons. The molecule has 0 spiro atoms. The summed E-state index contributed by atoms with van der Waals surface area (Å²) >= 11 is 0. The van der Waals surface area contributed by atoms with E-state index in [1.807, 2.05) is 6.92 Å². The molecule has 4 heteroatoms. The Bertz CT molecular complexity index is 939. The second kappa shape index (κ2) is 7.71. The highest BCUT2D eigenvalue weighted by Crippen LogP contribution is 2.37. The molecule has 3 rings (SSSR count). The molecule has 2 heterocycles. The van der Waals surface area contributed by atoms with E-state index in [1.54, 1.807) is 0 Å². The molecular formula is C23H32N4. The Kier molecular flexibility index (Phi) is 5.54. The summed E-state index contributed by atoms with van der Waals surface area (Å²) in [6.45, 7) is 15.0. The van der Waals surface area contributed by atoms with Crippen LogP contribution >= 0.6 is 0 Å². The van der Waals surface area contributed by atoms with E-state index in [2.05, 4.69) is 69.5 Å². The van der Waals surface area contributed by atoms with Crippen molar-refractivity contribution in [2.24, 2.45) is 7.05 Å². The maximum Gasteiger partial charge on any atom is 0.156 e. The van der Waals surface area contributed by atoms with Crippen LogP contribution < -0.4 is 4.90 Å². The summed E-state index contributed by atoms with van der Waals surface area (Å²) in [5.41, 5.74) is 8.62. The van der Waals surface area contributed by atoms with Crippen molar-refractivity contribution in [3.63, 3.8) is 0 Å². The van der Waals surface area contributed by atoms with Crippen molar-refractivity contribution >= 4 is 16.9 Å². The molecule has 3 aromatic rings. The van der Waals surface area contributed by atoms with Gasteiger partial charge in [0.05, 0.1) is 0 Å². The lowest BCUT2D eigenvalue weighted by Crippen LogP contribution is -2.27. The Morgan fingerprint density at radius 3 is 2.07 bits per heavy atom. The van der Waals surface area contributed by atoms with Gasteiger partial charge in [0.2, 0.25) is 0 Å². The van der Waals surface area contributed by atoms with Crippen LogP contribution in [0.3, 0.4) is 0 Å². The van der Waals surface area contributed by atoms with Gasteiger partial charge in [-0.1, -0.05) is 31.5 Å². The SMILES string of the molecule is CCCN(CCC)c1nc(C)nc2c(-c3c(C)cc(C)cc3C)cn(C)c12. The number of nitrogens with zero attached hydrogens (tertiary/aromatic N) is 4. The number of aromatic nitrogens is 3. The van der Waals surface area contributed by atoms with E-state index in [-0.39, 0.29) is 0 Å². The fraction of sp³-hybridized carbons (Fsp3) is 0.478. The molecule has 0 atom stereocenters. The van der Waals surface area contributed by atoms with Gasteiger partial charge in [0.15, 0.2) is 5.82 Å². The second-order valence-corrected chi connectivity index (χ2v) is 7.71. The number of hydrogen-bond donors (Lipinski definition) is 0. The normalized spacial score (nSPS) is 11.4. The van der Waals surface area contributed by atoms with E-state index in [0.29, 0.717) is 0 Å². The Morgan fingerprint density at radius 2 is 1.52 bits per heavy atom. The second-order valence-electron chi connectivity index (χ2n) is 7.71. The highest BCUT2D eigenvalue weighted by molar-refractivity contribution is 5.99. The predicted molar refractivity (Wildman–Crippen MR) is 116 cm³/mol. The minimum Gasteiger partial charge on any atom is -0.355 e. The first-order valence-electron chi connectivity index (χ1n) is 10.0. The third-order valence-corrected chi connectivity index (χ3v) is 5.14. The van der Waals surface area contributed by atoms with Gasteiger partial charge in [-0.25, -0.2) is 9.97 Å². The molecule has 0 amide bonds. The molecule has 0 saturated carbocycles. The summed E-state index contributed by atoms with van der Waals surface area (Å²) in [4.78, 5) is 12.2. The molecule has 0 fully saturated rings. The average Bonchev–Trinajstić information content (AvgIpc) is 2.89. The Morgan fingerprint density at radius 1 is 0.926 bits per heavy atom. The zero-order valence-electron chi connectivity index (χ0n) is 17.8. The topological polar surface area (TPSA) is 34.0 Å². The van der Waals surface area contributed by atoms with Crippen molar-refractivity contribution in [1.82, 2.24) is 14.5 Å². The third kappa shape index (κ3) is 3.58. The molecule has 0 aliphatic carbocycles. The van der Waals surface area contributed by atoms with Crippen molar-refractivity contribution in [2.45, 2.75) is 54.4 Å². The number of hydrogen-bond acceptors (Lipinski definition) is 3. The zero-order valence-corrected chi connectivity index (χ0v) is 17.8. The maximum absolute atomic E-state index is 4.88. The van der Waals surface area contributed by atoms with Gasteiger partial charge in [-0.2, -0.15) is 0 Å². The van der Waals surface area contributed by atoms with Gasteiger partial charge in [-0.3, -0.25) is 0 Å². The van der Waals surface area contributed by atoms with Crippen molar-refractivity contribution < 1.29 is 0 Å². The molecule has 0 aliphatic rings. The van der Waals surface area contributed by atoms with E-state index in [0.717, 1.165) is 48.6 Å². The number of aryl methyl sites for hydroxylation is 5. The minimum atomic E-state index is 0.838. The van der Waals surface area contributed by atoms with Crippen molar-refractivity contribution in [1.29, 1.82) is 0 Å². The fourth-order valence-corrected chi connectivity index (χ4v) is 4.26. The Balaban J connectivity index is 2.30. The number of fused-ring (bicyclic) bond motifs is 1. The lowest BCUT2D eigenvalue weighted by Gasteiger charge is -2.24. The van der Waals surface area contributed by atoms with Crippen LogP contribution in [0, 0.1) is 27.7 Å². The zero-order chi connectivity index (χ0) is 19.7. The van der Waals surface area contributed by atoms with Gasteiger partial charge in [-0.05, 0) is 57.2 Å². The highest BCUT2D eigenvalue weighted by Gasteiger charge is 2.21. The molecule has 0 N–H and O–H groups in total. The summed E-state index contributed by atoms with van der Waals surface area (Å²) < 4.78 is 2.20. The van der Waals surface area contributed by atoms with Gasteiger partial charge in [0, 0.05) is 31.9 Å². The molecule has 0 bridgehead atoms. The van der Waals surface area contributed by atoms with E-state index >= 15 is 0 Å². The van der Waals surface area contributed by atoms with Crippen LogP contribution in [0.1, 0.15) is 49.2 Å². The smallest absolute Gasteiger partial charge is 0.156 e. The molecule has 27 heavy (non-hydrogen) atoms. The highest BCUT2D eigenvalue weighted by atomic mass is 15.2. The van der Waals surface area contributed by atoms with Crippen molar-refractivity contribution in [2.75, 3.05) is 18.0 Å². The summed E-state index contributed by atoms with van der Waals surface area (Å²) in [5, 5.41) is 0. The van der Waals surface area contributed by atoms with Crippen LogP contribution in [-0.4, -0.2) is 27.6 Å². The summed E-state index contributed by atoms with van der Waals surface area (Å²) in [6.07, 6.45) is 4.44. The molecule has 0 radical (unpaired) electrons. The van der Waals surface area contributed by atoms with Crippen LogP contribution in [0.25, 0.3) is 22.2 Å². The summed E-state index contributed by atoms with van der Waals surface area (Å²) in [5.74, 6) is 1.90. The van der Waals surface area contributed by atoms with Gasteiger partial charge in [0.25, 0.3) is 0 Å². The van der Waals surface area contributed by atoms with Gasteiger partial charge in [-0.15, -0.1) is 0 Å². The Labute approximate surface area is 163 Å². The first-order valence-corrected chi connectivity index (χ1v) is 10.0. The first kappa shape index (κ1) is 19.4. The van der Waals surface area contributed by atoms with Crippen LogP contribution in [0.15, 0.2) is 18.3 Å². The number of rotatable bonds is 6. The largest absolute Gasteiger partial charge is 0.355 e. The monoisotopic (exact) mass is 364 g/mol. The van der Waals surface area contributed by atoms with Crippen LogP contribution in [0.2, 0.25) is 0 Å². The maximum atomic E-state index is 4.88. The van der Waals surface area contributed by atoms with Gasteiger partial charge < -0.3 is 9.47 Å². The summed E-state index contributed by atoms with van der Waals surface area (Å²) in [6, 6.07) is 4.52. The lowest BCUT2D eigenvalue weighted by molar-refractivity contribution is 0.731. The van der Waals surface area contributed by atoms with Crippen molar-refractivity contribution in [3.8, 4) is 11.1 Å². The molecule has 1 aromatic carbocycles. The molecule has 2 aromatic heterocycles. The molecule has 0 saturated heterocycles. The number of anilines is 1.